The summed E-state index contributed by atoms with van der Waals surface area (Å²) in [5.74, 6) is 1.02. The van der Waals surface area contributed by atoms with Crippen LogP contribution in [0.15, 0.2) is 41.7 Å². The third-order valence-corrected chi connectivity index (χ3v) is 8.18. The minimum atomic E-state index is -4.10. The number of amides is 2. The quantitative estimate of drug-likeness (QED) is 0.511. The molecule has 35 heavy (non-hydrogen) atoms. The lowest BCUT2D eigenvalue weighted by atomic mass is 9.91. The van der Waals surface area contributed by atoms with Gasteiger partial charge in [-0.15, -0.1) is 0 Å². The van der Waals surface area contributed by atoms with Crippen molar-refractivity contribution < 1.29 is 17.9 Å². The predicted octanol–water partition coefficient (Wildman–Crippen LogP) is 4.17. The highest BCUT2D eigenvalue weighted by molar-refractivity contribution is 7.90. The third-order valence-electron chi connectivity index (χ3n) is 6.96. The zero-order valence-corrected chi connectivity index (χ0v) is 20.3. The SMILES string of the molecule is COc1cc(-c2cc(C3CC3)c3c(c2NC(=O)NS(=O)(=O)c2ccn(C4CC4)n2)CCC3)ccn1. The summed E-state index contributed by atoms with van der Waals surface area (Å²) in [6, 6.07) is 6.72. The normalized spacial score (nSPS) is 17.2. The number of sulfonamides is 1. The van der Waals surface area contributed by atoms with Crippen molar-refractivity contribution in [1.82, 2.24) is 19.5 Å². The maximum atomic E-state index is 13.0. The van der Waals surface area contributed by atoms with E-state index in [1.807, 2.05) is 12.1 Å². The maximum Gasteiger partial charge on any atom is 0.333 e. The number of ether oxygens (including phenoxy) is 1. The minimum absolute atomic E-state index is 0.159. The second-order valence-corrected chi connectivity index (χ2v) is 11.1. The molecule has 0 bridgehead atoms. The topological polar surface area (TPSA) is 115 Å². The monoisotopic (exact) mass is 493 g/mol. The Bertz CT molecular complexity index is 1420. The van der Waals surface area contributed by atoms with Crippen molar-refractivity contribution >= 4 is 21.7 Å². The molecule has 0 unspecified atom stereocenters. The largest absolute Gasteiger partial charge is 0.481 e. The van der Waals surface area contributed by atoms with Crippen molar-refractivity contribution in [2.45, 2.75) is 61.9 Å². The predicted molar refractivity (Wildman–Crippen MR) is 130 cm³/mol. The minimum Gasteiger partial charge on any atom is -0.481 e. The number of carbonyl (C=O) groups is 1. The Morgan fingerprint density at radius 3 is 2.66 bits per heavy atom. The molecule has 1 aromatic carbocycles. The number of benzene rings is 1. The smallest absolute Gasteiger partial charge is 0.333 e. The van der Waals surface area contributed by atoms with Crippen molar-refractivity contribution in [2.24, 2.45) is 0 Å². The molecule has 0 saturated heterocycles. The molecule has 0 spiro atoms. The summed E-state index contributed by atoms with van der Waals surface area (Å²) in [5, 5.41) is 6.87. The van der Waals surface area contributed by atoms with E-state index in [1.54, 1.807) is 24.2 Å². The highest BCUT2D eigenvalue weighted by Gasteiger charge is 2.33. The molecular formula is C25H27N5O4S. The van der Waals surface area contributed by atoms with E-state index in [0.29, 0.717) is 17.5 Å². The number of hydrogen-bond donors (Lipinski definition) is 2. The Kier molecular flexibility index (Phi) is 5.28. The lowest BCUT2D eigenvalue weighted by Crippen LogP contribution is -2.35. The number of nitrogens with zero attached hydrogens (tertiary/aromatic N) is 3. The fourth-order valence-electron chi connectivity index (χ4n) is 4.95. The molecule has 3 aliphatic carbocycles. The van der Waals surface area contributed by atoms with Crippen molar-refractivity contribution in [2.75, 3.05) is 12.4 Å². The van der Waals surface area contributed by atoms with E-state index in [9.17, 15) is 13.2 Å². The van der Waals surface area contributed by atoms with Gasteiger partial charge in [0.15, 0.2) is 5.03 Å². The molecule has 10 heteroatoms. The van der Waals surface area contributed by atoms with Gasteiger partial charge < -0.3 is 10.1 Å². The summed E-state index contributed by atoms with van der Waals surface area (Å²) in [5.41, 5.74) is 6.07. The molecule has 2 aromatic heterocycles. The molecule has 0 radical (unpaired) electrons. The number of carbonyl (C=O) groups excluding carboxylic acids is 1. The molecule has 2 amide bonds. The lowest BCUT2D eigenvalue weighted by molar-refractivity contribution is 0.256. The number of urea groups is 1. The maximum absolute atomic E-state index is 13.0. The number of anilines is 1. The van der Waals surface area contributed by atoms with Gasteiger partial charge in [-0.2, -0.15) is 13.5 Å². The first-order chi connectivity index (χ1) is 16.9. The fraction of sp³-hybridized carbons (Fsp3) is 0.400. The van der Waals surface area contributed by atoms with Crippen LogP contribution in [0.4, 0.5) is 10.5 Å². The molecule has 2 N–H and O–H groups in total. The fourth-order valence-corrected chi connectivity index (χ4v) is 5.79. The van der Waals surface area contributed by atoms with Gasteiger partial charge in [0.05, 0.1) is 18.8 Å². The van der Waals surface area contributed by atoms with E-state index < -0.39 is 16.1 Å². The summed E-state index contributed by atoms with van der Waals surface area (Å²) < 4.78 is 34.8. The third kappa shape index (κ3) is 4.27. The van der Waals surface area contributed by atoms with Crippen molar-refractivity contribution in [1.29, 1.82) is 0 Å². The molecule has 3 aliphatic rings. The van der Waals surface area contributed by atoms with Gasteiger partial charge in [-0.25, -0.2) is 14.5 Å². The first kappa shape index (κ1) is 22.1. The molecular weight excluding hydrogens is 466 g/mol. The van der Waals surface area contributed by atoms with Crippen LogP contribution in [0, 0.1) is 0 Å². The molecule has 2 saturated carbocycles. The molecule has 2 heterocycles. The average Bonchev–Trinajstić information content (AvgIpc) is 3.77. The molecule has 2 fully saturated rings. The summed E-state index contributed by atoms with van der Waals surface area (Å²) in [4.78, 5) is 17.2. The van der Waals surface area contributed by atoms with Crippen molar-refractivity contribution in [3.05, 3.63) is 53.3 Å². The van der Waals surface area contributed by atoms with Gasteiger partial charge in [-0.1, -0.05) is 0 Å². The second kappa shape index (κ2) is 8.37. The first-order valence-corrected chi connectivity index (χ1v) is 13.5. The zero-order valence-electron chi connectivity index (χ0n) is 19.5. The number of hydrogen-bond acceptors (Lipinski definition) is 6. The Morgan fingerprint density at radius 2 is 1.91 bits per heavy atom. The summed E-state index contributed by atoms with van der Waals surface area (Å²) in [6.07, 6.45) is 10.4. The number of rotatable bonds is 7. The Morgan fingerprint density at radius 1 is 1.11 bits per heavy atom. The van der Waals surface area contributed by atoms with Gasteiger partial charge in [-0.05, 0) is 91.3 Å². The molecule has 0 aliphatic heterocycles. The first-order valence-electron chi connectivity index (χ1n) is 12.0. The van der Waals surface area contributed by atoms with Crippen LogP contribution in [0.3, 0.4) is 0 Å². The van der Waals surface area contributed by atoms with Crippen LogP contribution >= 0.6 is 0 Å². The van der Waals surface area contributed by atoms with Gasteiger partial charge in [0, 0.05) is 24.0 Å². The molecule has 6 rings (SSSR count). The van der Waals surface area contributed by atoms with E-state index >= 15 is 0 Å². The molecule has 182 valence electrons. The second-order valence-electron chi connectivity index (χ2n) is 9.48. The van der Waals surface area contributed by atoms with Gasteiger partial charge >= 0.3 is 6.03 Å². The summed E-state index contributed by atoms with van der Waals surface area (Å²) in [6.45, 7) is 0. The molecule has 9 nitrogen and oxygen atoms in total. The van der Waals surface area contributed by atoms with Crippen LogP contribution in [0.25, 0.3) is 11.1 Å². The molecule has 3 aromatic rings. The van der Waals surface area contributed by atoms with E-state index in [-0.39, 0.29) is 11.1 Å². The van der Waals surface area contributed by atoms with Crippen LogP contribution in [0.5, 0.6) is 5.88 Å². The van der Waals surface area contributed by atoms with Crippen molar-refractivity contribution in [3.8, 4) is 17.0 Å². The van der Waals surface area contributed by atoms with E-state index in [1.165, 1.54) is 30.0 Å². The van der Waals surface area contributed by atoms with Crippen LogP contribution in [-0.2, 0) is 22.9 Å². The number of pyridine rings is 1. The van der Waals surface area contributed by atoms with Crippen molar-refractivity contribution in [3.63, 3.8) is 0 Å². The van der Waals surface area contributed by atoms with Gasteiger partial charge in [0.2, 0.25) is 5.88 Å². The van der Waals surface area contributed by atoms with Gasteiger partial charge in [0.25, 0.3) is 10.0 Å². The molecule has 0 atom stereocenters. The van der Waals surface area contributed by atoms with E-state index in [0.717, 1.165) is 48.8 Å². The van der Waals surface area contributed by atoms with Crippen LogP contribution in [0.1, 0.15) is 60.8 Å². The van der Waals surface area contributed by atoms with Gasteiger partial charge in [-0.3, -0.25) is 4.68 Å². The number of fused-ring (bicyclic) bond motifs is 1. The Labute approximate surface area is 204 Å². The number of methoxy groups -OCH3 is 1. The Hall–Kier alpha value is -3.40. The highest BCUT2D eigenvalue weighted by atomic mass is 32.2. The lowest BCUT2D eigenvalue weighted by Gasteiger charge is -2.20. The zero-order chi connectivity index (χ0) is 24.2. The summed E-state index contributed by atoms with van der Waals surface area (Å²) >= 11 is 0. The highest BCUT2D eigenvalue weighted by Crippen LogP contribution is 2.49. The number of aromatic nitrogens is 3. The standard InChI is InChI=1S/C25H27N5O4S/c1-34-22-13-16(9-11-26-22)21-14-20(15-5-6-15)18-3-2-4-19(18)24(21)27-25(31)29-35(32,33)23-10-12-30(28-23)17-7-8-17/h9-15,17H,2-8H2,1H3,(H2,27,29,31). The van der Waals surface area contributed by atoms with Gasteiger partial charge in [0.1, 0.15) is 0 Å². The average molecular weight is 494 g/mol. The van der Waals surface area contributed by atoms with E-state index in [2.05, 4.69) is 26.2 Å². The summed E-state index contributed by atoms with van der Waals surface area (Å²) in [7, 11) is -2.54. The van der Waals surface area contributed by atoms with Crippen LogP contribution in [-0.4, -0.2) is 36.3 Å². The van der Waals surface area contributed by atoms with Crippen LogP contribution in [0.2, 0.25) is 0 Å². The Balaban J connectivity index is 1.35. The van der Waals surface area contributed by atoms with Crippen LogP contribution < -0.4 is 14.8 Å². The number of nitrogens with one attached hydrogen (secondary N) is 2. The van der Waals surface area contributed by atoms with E-state index in [4.69, 9.17) is 4.74 Å².